The zero-order valence-electron chi connectivity index (χ0n) is 12.2. The van der Waals surface area contributed by atoms with Gasteiger partial charge in [-0.2, -0.15) is 5.10 Å². The summed E-state index contributed by atoms with van der Waals surface area (Å²) in [4.78, 5) is 4.44. The molecule has 0 aliphatic heterocycles. The standard InChI is InChI=1S/C14H23N5/c1-5-6-13-16-7-8-19(13)14-12(9-10(2)15)11(3)17-18(14)4/h7-8,10H,5-6,9,15H2,1-4H3. The molecular weight excluding hydrogens is 238 g/mol. The van der Waals surface area contributed by atoms with Gasteiger partial charge in [0.2, 0.25) is 0 Å². The molecule has 0 bridgehead atoms. The number of aromatic nitrogens is 4. The van der Waals surface area contributed by atoms with Crippen molar-refractivity contribution in [3.8, 4) is 5.82 Å². The van der Waals surface area contributed by atoms with Crippen molar-refractivity contribution in [2.45, 2.75) is 46.1 Å². The maximum atomic E-state index is 5.96. The molecule has 2 N–H and O–H groups in total. The molecule has 0 spiro atoms. The largest absolute Gasteiger partial charge is 0.328 e. The Morgan fingerprint density at radius 3 is 2.79 bits per heavy atom. The highest BCUT2D eigenvalue weighted by Crippen LogP contribution is 2.21. The quantitative estimate of drug-likeness (QED) is 0.892. The molecule has 2 heterocycles. The highest BCUT2D eigenvalue weighted by atomic mass is 15.3. The van der Waals surface area contributed by atoms with Gasteiger partial charge in [-0.15, -0.1) is 0 Å². The number of aryl methyl sites for hydroxylation is 3. The van der Waals surface area contributed by atoms with Crippen molar-refractivity contribution >= 4 is 0 Å². The molecule has 2 aromatic heterocycles. The second-order valence-corrected chi connectivity index (χ2v) is 5.16. The van der Waals surface area contributed by atoms with Crippen LogP contribution in [0.5, 0.6) is 0 Å². The zero-order valence-corrected chi connectivity index (χ0v) is 12.2. The van der Waals surface area contributed by atoms with Gasteiger partial charge in [0.25, 0.3) is 0 Å². The number of rotatable bonds is 5. The Labute approximate surface area is 114 Å². The minimum atomic E-state index is 0.125. The van der Waals surface area contributed by atoms with Crippen LogP contribution in [0.3, 0.4) is 0 Å². The number of imidazole rings is 1. The molecule has 1 atom stereocenters. The van der Waals surface area contributed by atoms with E-state index < -0.39 is 0 Å². The van der Waals surface area contributed by atoms with Crippen LogP contribution in [0.2, 0.25) is 0 Å². The van der Waals surface area contributed by atoms with E-state index in [1.807, 2.05) is 38.0 Å². The van der Waals surface area contributed by atoms with Gasteiger partial charge in [-0.1, -0.05) is 6.92 Å². The van der Waals surface area contributed by atoms with E-state index in [0.29, 0.717) is 0 Å². The first-order valence-corrected chi connectivity index (χ1v) is 6.85. The van der Waals surface area contributed by atoms with Gasteiger partial charge in [-0.3, -0.25) is 9.25 Å². The summed E-state index contributed by atoms with van der Waals surface area (Å²) in [5, 5.41) is 4.53. The Balaban J connectivity index is 2.51. The molecule has 0 saturated heterocycles. The average molecular weight is 261 g/mol. The fraction of sp³-hybridized carbons (Fsp3) is 0.571. The molecule has 0 aliphatic rings. The Bertz CT molecular complexity index is 550. The third-order valence-corrected chi connectivity index (χ3v) is 3.26. The van der Waals surface area contributed by atoms with Gasteiger partial charge in [-0.05, 0) is 26.7 Å². The lowest BCUT2D eigenvalue weighted by Gasteiger charge is -2.12. The van der Waals surface area contributed by atoms with Crippen molar-refractivity contribution in [1.82, 2.24) is 19.3 Å². The summed E-state index contributed by atoms with van der Waals surface area (Å²) in [7, 11) is 1.97. The van der Waals surface area contributed by atoms with Crippen LogP contribution >= 0.6 is 0 Å². The second kappa shape index (κ2) is 5.57. The molecule has 0 saturated carbocycles. The first-order chi connectivity index (χ1) is 9.04. The minimum Gasteiger partial charge on any atom is -0.328 e. The normalized spacial score (nSPS) is 12.9. The molecule has 19 heavy (non-hydrogen) atoms. The van der Waals surface area contributed by atoms with Crippen LogP contribution < -0.4 is 5.73 Å². The van der Waals surface area contributed by atoms with E-state index in [0.717, 1.165) is 36.6 Å². The number of nitrogens with zero attached hydrogens (tertiary/aromatic N) is 4. The van der Waals surface area contributed by atoms with Gasteiger partial charge < -0.3 is 5.73 Å². The van der Waals surface area contributed by atoms with Crippen molar-refractivity contribution < 1.29 is 0 Å². The van der Waals surface area contributed by atoms with Gasteiger partial charge >= 0.3 is 0 Å². The second-order valence-electron chi connectivity index (χ2n) is 5.16. The van der Waals surface area contributed by atoms with E-state index in [1.165, 1.54) is 5.56 Å². The van der Waals surface area contributed by atoms with Crippen LogP contribution in [-0.4, -0.2) is 25.4 Å². The predicted molar refractivity (Wildman–Crippen MR) is 76.4 cm³/mol. The van der Waals surface area contributed by atoms with Crippen LogP contribution in [0.25, 0.3) is 5.82 Å². The molecule has 1 unspecified atom stereocenters. The van der Waals surface area contributed by atoms with Crippen molar-refractivity contribution in [2.24, 2.45) is 12.8 Å². The lowest BCUT2D eigenvalue weighted by molar-refractivity contribution is 0.690. The highest BCUT2D eigenvalue weighted by Gasteiger charge is 2.18. The highest BCUT2D eigenvalue weighted by molar-refractivity contribution is 5.39. The van der Waals surface area contributed by atoms with Crippen molar-refractivity contribution in [1.29, 1.82) is 0 Å². The van der Waals surface area contributed by atoms with Crippen LogP contribution in [0.4, 0.5) is 0 Å². The van der Waals surface area contributed by atoms with E-state index in [9.17, 15) is 0 Å². The van der Waals surface area contributed by atoms with Gasteiger partial charge in [0.1, 0.15) is 11.6 Å². The summed E-state index contributed by atoms with van der Waals surface area (Å²) >= 11 is 0. The molecule has 2 aromatic rings. The van der Waals surface area contributed by atoms with Crippen LogP contribution in [-0.2, 0) is 19.9 Å². The molecule has 5 nitrogen and oxygen atoms in total. The van der Waals surface area contributed by atoms with Crippen molar-refractivity contribution in [3.63, 3.8) is 0 Å². The summed E-state index contributed by atoms with van der Waals surface area (Å²) in [6.07, 6.45) is 6.74. The molecule has 5 heteroatoms. The molecule has 0 aromatic carbocycles. The van der Waals surface area contributed by atoms with Gasteiger partial charge in [0.15, 0.2) is 0 Å². The summed E-state index contributed by atoms with van der Waals surface area (Å²) in [6.45, 7) is 6.23. The first-order valence-electron chi connectivity index (χ1n) is 6.85. The Morgan fingerprint density at radius 1 is 1.42 bits per heavy atom. The van der Waals surface area contributed by atoms with Gasteiger partial charge in [0.05, 0.1) is 5.69 Å². The van der Waals surface area contributed by atoms with E-state index in [1.54, 1.807) is 0 Å². The summed E-state index contributed by atoms with van der Waals surface area (Å²) in [5.74, 6) is 2.17. The van der Waals surface area contributed by atoms with Crippen LogP contribution in [0, 0.1) is 6.92 Å². The summed E-state index contributed by atoms with van der Waals surface area (Å²) in [6, 6.07) is 0.125. The third-order valence-electron chi connectivity index (χ3n) is 3.26. The molecule has 0 amide bonds. The zero-order chi connectivity index (χ0) is 14.0. The molecule has 2 rings (SSSR count). The maximum Gasteiger partial charge on any atom is 0.139 e. The fourth-order valence-corrected chi connectivity index (χ4v) is 2.49. The van der Waals surface area contributed by atoms with E-state index in [4.69, 9.17) is 5.73 Å². The van der Waals surface area contributed by atoms with Crippen LogP contribution in [0.15, 0.2) is 12.4 Å². The van der Waals surface area contributed by atoms with Crippen LogP contribution in [0.1, 0.15) is 37.4 Å². The Morgan fingerprint density at radius 2 is 2.16 bits per heavy atom. The fourth-order valence-electron chi connectivity index (χ4n) is 2.49. The van der Waals surface area contributed by atoms with Crippen molar-refractivity contribution in [3.05, 3.63) is 29.5 Å². The molecular formula is C14H23N5. The minimum absolute atomic E-state index is 0.125. The lowest BCUT2D eigenvalue weighted by Crippen LogP contribution is -2.19. The predicted octanol–water partition coefficient (Wildman–Crippen LogP) is 1.76. The van der Waals surface area contributed by atoms with Crippen molar-refractivity contribution in [2.75, 3.05) is 0 Å². The molecule has 104 valence electrons. The molecule has 0 radical (unpaired) electrons. The topological polar surface area (TPSA) is 61.7 Å². The SMILES string of the molecule is CCCc1nccn1-c1c(CC(C)N)c(C)nn1C. The Hall–Kier alpha value is -1.62. The number of hydrogen-bond acceptors (Lipinski definition) is 3. The molecule has 0 aliphatic carbocycles. The van der Waals surface area contributed by atoms with Gasteiger partial charge in [0, 0.05) is 37.5 Å². The smallest absolute Gasteiger partial charge is 0.139 e. The molecule has 0 fully saturated rings. The maximum absolute atomic E-state index is 5.96. The van der Waals surface area contributed by atoms with E-state index >= 15 is 0 Å². The monoisotopic (exact) mass is 261 g/mol. The first kappa shape index (κ1) is 13.8. The lowest BCUT2D eigenvalue weighted by atomic mass is 10.1. The van der Waals surface area contributed by atoms with E-state index in [2.05, 4.69) is 21.6 Å². The number of nitrogens with two attached hydrogens (primary N) is 1. The van der Waals surface area contributed by atoms with Gasteiger partial charge in [-0.25, -0.2) is 4.98 Å². The summed E-state index contributed by atoms with van der Waals surface area (Å²) < 4.78 is 4.06. The number of hydrogen-bond donors (Lipinski definition) is 1. The van der Waals surface area contributed by atoms with E-state index in [-0.39, 0.29) is 6.04 Å². The average Bonchev–Trinajstić information content (AvgIpc) is 2.85. The third kappa shape index (κ3) is 2.71. The Kier molecular flexibility index (Phi) is 4.04. The summed E-state index contributed by atoms with van der Waals surface area (Å²) in [5.41, 5.74) is 8.22.